The van der Waals surface area contributed by atoms with Gasteiger partial charge in [0, 0.05) is 23.8 Å². The smallest absolute Gasteiger partial charge is 0.112 e. The molecule has 2 aromatic carbocycles. The van der Waals surface area contributed by atoms with Crippen molar-refractivity contribution < 1.29 is 0 Å². The Labute approximate surface area is 152 Å². The molecule has 1 heterocycles. The minimum Gasteiger partial charge on any atom is -0.325 e. The summed E-state index contributed by atoms with van der Waals surface area (Å²) >= 11 is 0. The van der Waals surface area contributed by atoms with Gasteiger partial charge in [0.25, 0.3) is 0 Å². The summed E-state index contributed by atoms with van der Waals surface area (Å²) in [7, 11) is 0. The van der Waals surface area contributed by atoms with Gasteiger partial charge in [-0.1, -0.05) is 64.1 Å². The summed E-state index contributed by atoms with van der Waals surface area (Å²) < 4.78 is 0. The molecule has 0 saturated carbocycles. The maximum Gasteiger partial charge on any atom is 0.112 e. The molecule has 25 heavy (non-hydrogen) atoms. The average Bonchev–Trinajstić information content (AvgIpc) is 2.99. The van der Waals surface area contributed by atoms with Gasteiger partial charge in [-0.05, 0) is 48.4 Å². The minimum atomic E-state index is 0.291. The Morgan fingerprint density at radius 1 is 0.760 bits per heavy atom. The van der Waals surface area contributed by atoms with Gasteiger partial charge in [-0.15, -0.1) is 0 Å². The molecule has 2 nitrogen and oxygen atoms in total. The van der Waals surface area contributed by atoms with E-state index in [0.29, 0.717) is 18.0 Å². The molecule has 2 heteroatoms. The lowest BCUT2D eigenvalue weighted by atomic mass is 9.99. The van der Waals surface area contributed by atoms with E-state index < -0.39 is 0 Å². The summed E-state index contributed by atoms with van der Waals surface area (Å²) in [6, 6.07) is 15.4. The van der Waals surface area contributed by atoms with Crippen molar-refractivity contribution in [1.82, 2.24) is 0 Å². The van der Waals surface area contributed by atoms with Crippen LogP contribution in [0.3, 0.4) is 0 Å². The molecule has 2 aromatic rings. The molecule has 3 rings (SSSR count). The third kappa shape index (κ3) is 3.18. The summed E-state index contributed by atoms with van der Waals surface area (Å²) in [5.74, 6) is 1.00. The van der Waals surface area contributed by atoms with Crippen molar-refractivity contribution in [2.75, 3.05) is 9.80 Å². The Morgan fingerprint density at radius 2 is 1.36 bits per heavy atom. The topological polar surface area (TPSA) is 6.48 Å². The van der Waals surface area contributed by atoms with Crippen LogP contribution in [-0.2, 0) is 0 Å². The SMILES string of the molecule is Cc1cccc(C)c1N1C=CN(c2ccccc2C(C)C)C1C(C)C. The zero-order valence-electron chi connectivity index (χ0n) is 16.3. The van der Waals surface area contributed by atoms with Gasteiger partial charge in [0.1, 0.15) is 6.17 Å². The van der Waals surface area contributed by atoms with Crippen LogP contribution in [0, 0.1) is 19.8 Å². The fourth-order valence-corrected chi connectivity index (χ4v) is 3.95. The first-order valence-corrected chi connectivity index (χ1v) is 9.32. The van der Waals surface area contributed by atoms with Gasteiger partial charge in [-0.25, -0.2) is 0 Å². The molecular weight excluding hydrogens is 304 g/mol. The third-order valence-electron chi connectivity index (χ3n) is 5.09. The van der Waals surface area contributed by atoms with Gasteiger partial charge < -0.3 is 9.80 Å². The zero-order valence-corrected chi connectivity index (χ0v) is 16.3. The second kappa shape index (κ2) is 6.95. The molecule has 0 N–H and O–H groups in total. The van der Waals surface area contributed by atoms with Crippen LogP contribution < -0.4 is 9.80 Å². The molecule has 1 atom stereocenters. The number of hydrogen-bond donors (Lipinski definition) is 0. The Bertz CT molecular complexity index is 753. The summed E-state index contributed by atoms with van der Waals surface area (Å²) in [5, 5.41) is 0. The van der Waals surface area contributed by atoms with Crippen LogP contribution in [0.25, 0.3) is 0 Å². The van der Waals surface area contributed by atoms with Crippen LogP contribution in [0.1, 0.15) is 50.3 Å². The van der Waals surface area contributed by atoms with Crippen molar-refractivity contribution in [3.63, 3.8) is 0 Å². The molecule has 0 bridgehead atoms. The maximum atomic E-state index is 2.45. The first kappa shape index (κ1) is 17.6. The number of para-hydroxylation sites is 2. The van der Waals surface area contributed by atoms with Crippen LogP contribution in [-0.4, -0.2) is 6.17 Å². The number of aryl methyl sites for hydroxylation is 2. The Hall–Kier alpha value is -2.22. The van der Waals surface area contributed by atoms with Gasteiger partial charge in [0.05, 0.1) is 0 Å². The lowest BCUT2D eigenvalue weighted by Crippen LogP contribution is -2.43. The summed E-state index contributed by atoms with van der Waals surface area (Å²) in [4.78, 5) is 4.90. The molecule has 0 saturated heterocycles. The van der Waals surface area contributed by atoms with Crippen molar-refractivity contribution >= 4 is 11.4 Å². The van der Waals surface area contributed by atoms with Crippen molar-refractivity contribution in [1.29, 1.82) is 0 Å². The van der Waals surface area contributed by atoms with E-state index in [4.69, 9.17) is 0 Å². The molecule has 0 spiro atoms. The van der Waals surface area contributed by atoms with E-state index in [0.717, 1.165) is 0 Å². The molecule has 1 unspecified atom stereocenters. The van der Waals surface area contributed by atoms with E-state index in [-0.39, 0.29) is 0 Å². The standard InChI is InChI=1S/C23H30N2/c1-16(2)20-12-7-8-13-21(20)24-14-15-25(23(24)17(3)4)22-18(5)10-9-11-19(22)6/h7-17,23H,1-6H3. The zero-order chi connectivity index (χ0) is 18.1. The minimum absolute atomic E-state index is 0.291. The number of anilines is 2. The highest BCUT2D eigenvalue weighted by atomic mass is 15.4. The quantitative estimate of drug-likeness (QED) is 0.656. The van der Waals surface area contributed by atoms with Crippen LogP contribution in [0.15, 0.2) is 54.9 Å². The largest absolute Gasteiger partial charge is 0.325 e. The van der Waals surface area contributed by atoms with Crippen molar-refractivity contribution in [3.05, 3.63) is 71.6 Å². The molecule has 0 amide bonds. The predicted molar refractivity (Wildman–Crippen MR) is 109 cm³/mol. The second-order valence-corrected chi connectivity index (χ2v) is 7.72. The first-order chi connectivity index (χ1) is 11.9. The number of nitrogens with zero attached hydrogens (tertiary/aromatic N) is 2. The Balaban J connectivity index is 2.07. The van der Waals surface area contributed by atoms with Crippen LogP contribution in [0.5, 0.6) is 0 Å². The van der Waals surface area contributed by atoms with E-state index in [1.165, 1.54) is 28.1 Å². The van der Waals surface area contributed by atoms with Crippen LogP contribution in [0.2, 0.25) is 0 Å². The molecule has 0 aromatic heterocycles. The fraction of sp³-hybridized carbons (Fsp3) is 0.391. The number of rotatable bonds is 4. The van der Waals surface area contributed by atoms with E-state index in [9.17, 15) is 0 Å². The van der Waals surface area contributed by atoms with Gasteiger partial charge in [-0.3, -0.25) is 0 Å². The van der Waals surface area contributed by atoms with Crippen LogP contribution in [0.4, 0.5) is 11.4 Å². The molecular formula is C23H30N2. The molecule has 0 radical (unpaired) electrons. The lowest BCUT2D eigenvalue weighted by Gasteiger charge is -2.38. The van der Waals surface area contributed by atoms with Gasteiger partial charge in [-0.2, -0.15) is 0 Å². The van der Waals surface area contributed by atoms with Crippen LogP contribution >= 0.6 is 0 Å². The number of benzene rings is 2. The lowest BCUT2D eigenvalue weighted by molar-refractivity contribution is 0.499. The van der Waals surface area contributed by atoms with E-state index in [1.807, 2.05) is 0 Å². The molecule has 0 aliphatic carbocycles. The van der Waals surface area contributed by atoms with E-state index in [1.54, 1.807) is 0 Å². The van der Waals surface area contributed by atoms with Crippen molar-refractivity contribution in [3.8, 4) is 0 Å². The highest BCUT2D eigenvalue weighted by molar-refractivity contribution is 5.68. The number of hydrogen-bond acceptors (Lipinski definition) is 2. The molecule has 0 fully saturated rings. The Kier molecular flexibility index (Phi) is 4.89. The molecule has 1 aliphatic rings. The summed E-state index contributed by atoms with van der Waals surface area (Å²) in [6.45, 7) is 13.6. The van der Waals surface area contributed by atoms with Gasteiger partial charge in [0.15, 0.2) is 0 Å². The van der Waals surface area contributed by atoms with Gasteiger partial charge in [0.2, 0.25) is 0 Å². The monoisotopic (exact) mass is 334 g/mol. The van der Waals surface area contributed by atoms with E-state index >= 15 is 0 Å². The Morgan fingerprint density at radius 3 is 1.96 bits per heavy atom. The van der Waals surface area contributed by atoms with Crippen molar-refractivity contribution in [2.24, 2.45) is 5.92 Å². The average molecular weight is 335 g/mol. The highest BCUT2D eigenvalue weighted by Gasteiger charge is 2.33. The predicted octanol–water partition coefficient (Wildman–Crippen LogP) is 6.21. The molecule has 132 valence electrons. The summed E-state index contributed by atoms with van der Waals surface area (Å²) in [5.41, 5.74) is 6.72. The first-order valence-electron chi connectivity index (χ1n) is 9.32. The maximum absolute atomic E-state index is 2.45. The van der Waals surface area contributed by atoms with Gasteiger partial charge >= 0.3 is 0 Å². The van der Waals surface area contributed by atoms with E-state index in [2.05, 4.69) is 106 Å². The third-order valence-corrected chi connectivity index (χ3v) is 5.09. The van der Waals surface area contributed by atoms with Crippen molar-refractivity contribution in [2.45, 2.75) is 53.6 Å². The summed E-state index contributed by atoms with van der Waals surface area (Å²) in [6.07, 6.45) is 4.79. The fourth-order valence-electron chi connectivity index (χ4n) is 3.95. The normalized spacial score (nSPS) is 17.2. The second-order valence-electron chi connectivity index (χ2n) is 7.72. The molecule has 1 aliphatic heterocycles. The highest BCUT2D eigenvalue weighted by Crippen LogP contribution is 2.38.